The first-order valence-corrected chi connectivity index (χ1v) is 12.9. The van der Waals surface area contributed by atoms with Crippen molar-refractivity contribution in [3.05, 3.63) is 108 Å². The first-order valence-electron chi connectivity index (χ1n) is 12.9. The number of pyridine rings is 2. The minimum atomic E-state index is -0.278. The second-order valence-electron chi connectivity index (χ2n) is 9.78. The highest BCUT2D eigenvalue weighted by Gasteiger charge is 2.18. The standard InChI is InChI=1S/C31H29FN6/c1-3-7-25(22-8-6-9-24(32)15-22)26-16-29(34-20(26)2)31-30-28(36-37-31)11-10-27(35-30)23-14-21(17-33-18-23)19-38-12-4-5-13-38/h3,6-11,14-18,34H,1,4-5,12-13,19H2,2H3,(H,36,37)/b25-7-. The van der Waals surface area contributed by atoms with Gasteiger partial charge in [0.15, 0.2) is 0 Å². The molecule has 1 fully saturated rings. The summed E-state index contributed by atoms with van der Waals surface area (Å²) in [7, 11) is 0. The van der Waals surface area contributed by atoms with E-state index in [4.69, 9.17) is 4.98 Å². The number of aryl methyl sites for hydroxylation is 1. The zero-order valence-corrected chi connectivity index (χ0v) is 21.3. The zero-order valence-electron chi connectivity index (χ0n) is 21.3. The van der Waals surface area contributed by atoms with E-state index < -0.39 is 0 Å². The maximum absolute atomic E-state index is 14.0. The number of H-pyrrole nitrogens is 2. The van der Waals surface area contributed by atoms with Crippen molar-refractivity contribution in [2.75, 3.05) is 13.1 Å². The predicted octanol–water partition coefficient (Wildman–Crippen LogP) is 6.68. The number of halogens is 1. The minimum Gasteiger partial charge on any atom is -0.357 e. The Labute approximate surface area is 221 Å². The molecule has 190 valence electrons. The zero-order chi connectivity index (χ0) is 26.1. The highest BCUT2D eigenvalue weighted by atomic mass is 19.1. The fraction of sp³-hybridized carbons (Fsp3) is 0.194. The average molecular weight is 505 g/mol. The van der Waals surface area contributed by atoms with E-state index in [1.807, 2.05) is 49.7 Å². The summed E-state index contributed by atoms with van der Waals surface area (Å²) in [5, 5.41) is 7.70. The maximum Gasteiger partial charge on any atom is 0.135 e. The number of aromatic nitrogens is 5. The number of rotatable bonds is 7. The molecule has 38 heavy (non-hydrogen) atoms. The van der Waals surface area contributed by atoms with Gasteiger partial charge in [-0.3, -0.25) is 15.0 Å². The Morgan fingerprint density at radius 3 is 2.79 bits per heavy atom. The third-order valence-electron chi connectivity index (χ3n) is 7.08. The Morgan fingerprint density at radius 1 is 1.11 bits per heavy atom. The molecule has 5 aromatic rings. The highest BCUT2D eigenvalue weighted by Crippen LogP contribution is 2.33. The molecule has 0 amide bonds. The molecule has 4 aromatic heterocycles. The molecule has 2 N–H and O–H groups in total. The lowest BCUT2D eigenvalue weighted by atomic mass is 9.97. The lowest BCUT2D eigenvalue weighted by molar-refractivity contribution is 0.331. The van der Waals surface area contributed by atoms with Gasteiger partial charge in [0.05, 0.1) is 16.9 Å². The van der Waals surface area contributed by atoms with Gasteiger partial charge in [-0.1, -0.05) is 30.9 Å². The molecule has 0 atom stereocenters. The van der Waals surface area contributed by atoms with Crippen LogP contribution in [0.4, 0.5) is 4.39 Å². The molecular weight excluding hydrogens is 475 g/mol. The van der Waals surface area contributed by atoms with Crippen LogP contribution in [0.1, 0.15) is 35.2 Å². The topological polar surface area (TPSA) is 73.5 Å². The van der Waals surface area contributed by atoms with Gasteiger partial charge in [0.25, 0.3) is 0 Å². The van der Waals surface area contributed by atoms with E-state index in [9.17, 15) is 4.39 Å². The van der Waals surface area contributed by atoms with Crippen molar-refractivity contribution in [2.45, 2.75) is 26.3 Å². The number of hydrogen-bond donors (Lipinski definition) is 2. The van der Waals surface area contributed by atoms with Gasteiger partial charge in [-0.25, -0.2) is 9.37 Å². The van der Waals surface area contributed by atoms with Gasteiger partial charge in [0.2, 0.25) is 0 Å². The Morgan fingerprint density at radius 2 is 1.97 bits per heavy atom. The number of likely N-dealkylation sites (tertiary alicyclic amines) is 1. The first kappa shape index (κ1) is 24.0. The Balaban J connectivity index is 1.37. The van der Waals surface area contributed by atoms with Gasteiger partial charge >= 0.3 is 0 Å². The normalized spacial score (nSPS) is 14.4. The summed E-state index contributed by atoms with van der Waals surface area (Å²) < 4.78 is 14.0. The van der Waals surface area contributed by atoms with Crippen LogP contribution in [0.5, 0.6) is 0 Å². The lowest BCUT2D eigenvalue weighted by Gasteiger charge is -2.14. The van der Waals surface area contributed by atoms with Crippen molar-refractivity contribution in [2.24, 2.45) is 0 Å². The summed E-state index contributed by atoms with van der Waals surface area (Å²) in [5.74, 6) is -0.278. The van der Waals surface area contributed by atoms with Crippen LogP contribution in [0.25, 0.3) is 39.3 Å². The van der Waals surface area contributed by atoms with Gasteiger partial charge in [0, 0.05) is 35.8 Å². The van der Waals surface area contributed by atoms with Crippen LogP contribution < -0.4 is 0 Å². The summed E-state index contributed by atoms with van der Waals surface area (Å²) in [6.45, 7) is 9.06. The lowest BCUT2D eigenvalue weighted by Crippen LogP contribution is -2.18. The van der Waals surface area contributed by atoms with Crippen molar-refractivity contribution >= 4 is 16.6 Å². The van der Waals surface area contributed by atoms with Crippen molar-refractivity contribution in [3.8, 4) is 22.6 Å². The quantitative estimate of drug-likeness (QED) is 0.243. The number of aromatic amines is 2. The number of nitrogens with zero attached hydrogens (tertiary/aromatic N) is 4. The van der Waals surface area contributed by atoms with Crippen LogP contribution >= 0.6 is 0 Å². The smallest absolute Gasteiger partial charge is 0.135 e. The van der Waals surface area contributed by atoms with E-state index in [1.165, 1.54) is 30.5 Å². The van der Waals surface area contributed by atoms with Crippen LogP contribution in [0.3, 0.4) is 0 Å². The third kappa shape index (κ3) is 4.68. The Hall–Kier alpha value is -4.36. The molecule has 1 aliphatic heterocycles. The fourth-order valence-corrected chi connectivity index (χ4v) is 5.24. The number of allylic oxidation sites excluding steroid dienone is 2. The van der Waals surface area contributed by atoms with E-state index in [1.54, 1.807) is 12.1 Å². The molecule has 5 heterocycles. The monoisotopic (exact) mass is 504 g/mol. The molecule has 6 rings (SSSR count). The maximum atomic E-state index is 14.0. The fourth-order valence-electron chi connectivity index (χ4n) is 5.24. The molecular formula is C31H29FN6. The first-order chi connectivity index (χ1) is 18.6. The Bertz CT molecular complexity index is 1650. The van der Waals surface area contributed by atoms with E-state index in [-0.39, 0.29) is 5.82 Å². The van der Waals surface area contributed by atoms with Gasteiger partial charge in [0.1, 0.15) is 17.0 Å². The van der Waals surface area contributed by atoms with Crippen molar-refractivity contribution < 1.29 is 4.39 Å². The Kier molecular flexibility index (Phi) is 6.43. The SMILES string of the molecule is C=C/C=C(/c1cccc(F)c1)c1cc(-c2n[nH]c3ccc(-c4cncc(CN5CCCC5)c4)nc23)[nH]c1C. The molecule has 0 spiro atoms. The molecule has 0 saturated carbocycles. The number of benzene rings is 1. The van der Waals surface area contributed by atoms with Gasteiger partial charge < -0.3 is 4.98 Å². The number of hydrogen-bond acceptors (Lipinski definition) is 4. The van der Waals surface area contributed by atoms with E-state index in [0.717, 1.165) is 75.7 Å². The van der Waals surface area contributed by atoms with E-state index in [2.05, 4.69) is 37.7 Å². The van der Waals surface area contributed by atoms with Crippen molar-refractivity contribution in [1.29, 1.82) is 0 Å². The van der Waals surface area contributed by atoms with Gasteiger partial charge in [-0.05, 0) is 86.0 Å². The second-order valence-corrected chi connectivity index (χ2v) is 9.78. The second kappa shape index (κ2) is 10.2. The average Bonchev–Trinajstić information content (AvgIpc) is 3.67. The van der Waals surface area contributed by atoms with Crippen molar-refractivity contribution in [1.82, 2.24) is 30.0 Å². The third-order valence-corrected chi connectivity index (χ3v) is 7.08. The summed E-state index contributed by atoms with van der Waals surface area (Å²) in [5.41, 5.74) is 9.80. The van der Waals surface area contributed by atoms with Gasteiger partial charge in [-0.2, -0.15) is 5.10 Å². The van der Waals surface area contributed by atoms with E-state index >= 15 is 0 Å². The largest absolute Gasteiger partial charge is 0.357 e. The van der Waals surface area contributed by atoms with Crippen LogP contribution in [-0.2, 0) is 6.54 Å². The molecule has 0 unspecified atom stereocenters. The summed E-state index contributed by atoms with van der Waals surface area (Å²) in [6.07, 6.45) is 9.96. The molecule has 7 heteroatoms. The number of fused-ring (bicyclic) bond motifs is 1. The van der Waals surface area contributed by atoms with E-state index in [0.29, 0.717) is 0 Å². The van der Waals surface area contributed by atoms with Crippen LogP contribution in [0.2, 0.25) is 0 Å². The molecule has 1 aliphatic rings. The molecule has 0 bridgehead atoms. The van der Waals surface area contributed by atoms with Crippen LogP contribution in [-0.4, -0.2) is 43.1 Å². The number of nitrogens with one attached hydrogen (secondary N) is 2. The summed E-state index contributed by atoms with van der Waals surface area (Å²) in [4.78, 5) is 15.4. The van der Waals surface area contributed by atoms with Gasteiger partial charge in [-0.15, -0.1) is 0 Å². The molecule has 0 aliphatic carbocycles. The summed E-state index contributed by atoms with van der Waals surface area (Å²) in [6, 6.07) is 14.8. The molecule has 6 nitrogen and oxygen atoms in total. The molecule has 0 radical (unpaired) electrons. The van der Waals surface area contributed by atoms with Crippen molar-refractivity contribution in [3.63, 3.8) is 0 Å². The minimum absolute atomic E-state index is 0.278. The van der Waals surface area contributed by atoms with Crippen LogP contribution in [0, 0.1) is 12.7 Å². The predicted molar refractivity (Wildman–Crippen MR) is 150 cm³/mol. The van der Waals surface area contributed by atoms with Crippen LogP contribution in [0.15, 0.2) is 79.7 Å². The molecule has 1 saturated heterocycles. The summed E-state index contributed by atoms with van der Waals surface area (Å²) >= 11 is 0. The highest BCUT2D eigenvalue weighted by molar-refractivity contribution is 5.92. The molecule has 1 aromatic carbocycles.